The molecule has 27 heavy (non-hydrogen) atoms. The molecule has 2 aromatic carbocycles. The van der Waals surface area contributed by atoms with E-state index in [1.807, 2.05) is 6.07 Å². The van der Waals surface area contributed by atoms with Crippen LogP contribution in [-0.4, -0.2) is 37.4 Å². The second-order valence-electron chi connectivity index (χ2n) is 6.47. The van der Waals surface area contributed by atoms with Crippen molar-refractivity contribution in [3.8, 4) is 0 Å². The zero-order valence-corrected chi connectivity index (χ0v) is 16.0. The Morgan fingerprint density at radius 1 is 1.15 bits per heavy atom. The zero-order valence-electron chi connectivity index (χ0n) is 15.1. The van der Waals surface area contributed by atoms with Crippen molar-refractivity contribution in [1.29, 1.82) is 0 Å². The lowest BCUT2D eigenvalue weighted by molar-refractivity contribution is -0.128. The number of carbonyl (C=O) groups excluding carboxylic acids is 2. The van der Waals surface area contributed by atoms with Gasteiger partial charge in [0.05, 0.1) is 16.2 Å². The maximum Gasteiger partial charge on any atom is 0.256 e. The monoisotopic (exact) mass is 386 g/mol. The number of hydrogen-bond acceptors (Lipinski definition) is 4. The minimum atomic E-state index is -3.50. The summed E-state index contributed by atoms with van der Waals surface area (Å²) in [5.74, 6) is -0.406. The summed E-state index contributed by atoms with van der Waals surface area (Å²) in [6, 6.07) is 13.4. The Balaban J connectivity index is 1.79. The highest BCUT2D eigenvalue weighted by molar-refractivity contribution is 7.91. The summed E-state index contributed by atoms with van der Waals surface area (Å²) in [7, 11) is -3.50. The van der Waals surface area contributed by atoms with E-state index in [0.29, 0.717) is 18.7 Å². The van der Waals surface area contributed by atoms with Gasteiger partial charge in [-0.25, -0.2) is 8.42 Å². The van der Waals surface area contributed by atoms with Crippen LogP contribution in [0, 0.1) is 0 Å². The third kappa shape index (κ3) is 4.36. The summed E-state index contributed by atoms with van der Waals surface area (Å²) in [5, 5.41) is 2.76. The summed E-state index contributed by atoms with van der Waals surface area (Å²) >= 11 is 0. The van der Waals surface area contributed by atoms with E-state index in [-0.39, 0.29) is 22.1 Å². The molecule has 0 aromatic heterocycles. The summed E-state index contributed by atoms with van der Waals surface area (Å²) in [6.07, 6.45) is 1.46. The van der Waals surface area contributed by atoms with Crippen molar-refractivity contribution in [2.24, 2.45) is 0 Å². The lowest BCUT2D eigenvalue weighted by Crippen LogP contribution is -2.24. The Bertz CT molecular complexity index is 969. The van der Waals surface area contributed by atoms with Crippen LogP contribution in [0.4, 0.5) is 5.69 Å². The Kier molecular flexibility index (Phi) is 5.60. The van der Waals surface area contributed by atoms with E-state index in [2.05, 4.69) is 5.32 Å². The van der Waals surface area contributed by atoms with Crippen LogP contribution in [0.2, 0.25) is 0 Å². The standard InChI is InChI=1S/C20H22N2O4S/c1-2-27(25,26)18-10-4-3-9-17(18)20(24)21-16-8-5-7-15(13-16)14-22-12-6-11-19(22)23/h3-5,7-10,13H,2,6,11-12,14H2,1H3,(H,21,24). The molecule has 0 atom stereocenters. The van der Waals surface area contributed by atoms with Crippen molar-refractivity contribution in [2.75, 3.05) is 17.6 Å². The van der Waals surface area contributed by atoms with E-state index < -0.39 is 15.7 Å². The van der Waals surface area contributed by atoms with Crippen LogP contribution >= 0.6 is 0 Å². The first-order valence-corrected chi connectivity index (χ1v) is 10.6. The SMILES string of the molecule is CCS(=O)(=O)c1ccccc1C(=O)Nc1cccc(CN2CCCC2=O)c1. The molecule has 2 amide bonds. The minimum Gasteiger partial charge on any atom is -0.338 e. The van der Waals surface area contributed by atoms with E-state index in [1.165, 1.54) is 12.1 Å². The van der Waals surface area contributed by atoms with Crippen LogP contribution in [0.1, 0.15) is 35.7 Å². The second kappa shape index (κ2) is 7.92. The third-order valence-corrected chi connectivity index (χ3v) is 6.36. The normalized spacial score (nSPS) is 14.4. The summed E-state index contributed by atoms with van der Waals surface area (Å²) in [4.78, 5) is 26.3. The number of carbonyl (C=O) groups is 2. The van der Waals surface area contributed by atoms with Crippen LogP contribution < -0.4 is 5.32 Å². The first kappa shape index (κ1) is 19.1. The Morgan fingerprint density at radius 3 is 2.63 bits per heavy atom. The minimum absolute atomic E-state index is 0.0313. The topological polar surface area (TPSA) is 83.6 Å². The van der Waals surface area contributed by atoms with Gasteiger partial charge in [-0.2, -0.15) is 0 Å². The average Bonchev–Trinajstić information content (AvgIpc) is 3.06. The summed E-state index contributed by atoms with van der Waals surface area (Å²) in [5.41, 5.74) is 1.60. The average molecular weight is 386 g/mol. The fraction of sp³-hybridized carbons (Fsp3) is 0.300. The summed E-state index contributed by atoms with van der Waals surface area (Å²) in [6.45, 7) is 2.80. The molecule has 0 aliphatic carbocycles. The molecule has 1 fully saturated rings. The Hall–Kier alpha value is -2.67. The molecular formula is C20H22N2O4S. The van der Waals surface area contributed by atoms with Crippen LogP contribution in [0.3, 0.4) is 0 Å². The number of likely N-dealkylation sites (tertiary alicyclic amines) is 1. The van der Waals surface area contributed by atoms with Gasteiger partial charge in [0.1, 0.15) is 0 Å². The largest absolute Gasteiger partial charge is 0.338 e. The lowest BCUT2D eigenvalue weighted by atomic mass is 10.1. The number of nitrogens with one attached hydrogen (secondary N) is 1. The molecule has 1 N–H and O–H groups in total. The van der Waals surface area contributed by atoms with Crippen LogP contribution in [0.25, 0.3) is 0 Å². The van der Waals surface area contributed by atoms with Gasteiger partial charge in [-0.1, -0.05) is 31.2 Å². The fourth-order valence-corrected chi connectivity index (χ4v) is 4.21. The van der Waals surface area contributed by atoms with Gasteiger partial charge in [-0.05, 0) is 36.2 Å². The van der Waals surface area contributed by atoms with Gasteiger partial charge in [0.25, 0.3) is 5.91 Å². The molecular weight excluding hydrogens is 364 g/mol. The Labute approximate surface area is 159 Å². The van der Waals surface area contributed by atoms with Gasteiger partial charge >= 0.3 is 0 Å². The molecule has 1 aliphatic heterocycles. The predicted octanol–water partition coefficient (Wildman–Crippen LogP) is 2.85. The molecule has 1 saturated heterocycles. The molecule has 0 unspecified atom stereocenters. The number of sulfone groups is 1. The van der Waals surface area contributed by atoms with Gasteiger partial charge in [-0.3, -0.25) is 9.59 Å². The summed E-state index contributed by atoms with van der Waals surface area (Å²) < 4.78 is 24.5. The van der Waals surface area contributed by atoms with E-state index in [9.17, 15) is 18.0 Å². The molecule has 6 nitrogen and oxygen atoms in total. The maximum atomic E-state index is 12.7. The molecule has 0 saturated carbocycles. The maximum absolute atomic E-state index is 12.7. The van der Waals surface area contributed by atoms with Gasteiger partial charge in [0, 0.05) is 25.2 Å². The number of nitrogens with zero attached hydrogens (tertiary/aromatic N) is 1. The first-order valence-electron chi connectivity index (χ1n) is 8.90. The van der Waals surface area contributed by atoms with Crippen molar-refractivity contribution in [1.82, 2.24) is 4.90 Å². The fourth-order valence-electron chi connectivity index (χ4n) is 3.12. The predicted molar refractivity (Wildman–Crippen MR) is 103 cm³/mol. The highest BCUT2D eigenvalue weighted by Gasteiger charge is 2.22. The van der Waals surface area contributed by atoms with Crippen LogP contribution in [-0.2, 0) is 21.2 Å². The van der Waals surface area contributed by atoms with E-state index in [0.717, 1.165) is 18.5 Å². The molecule has 0 bridgehead atoms. The van der Waals surface area contributed by atoms with Crippen LogP contribution in [0.15, 0.2) is 53.4 Å². The van der Waals surface area contributed by atoms with E-state index in [1.54, 1.807) is 42.2 Å². The van der Waals surface area contributed by atoms with Crippen molar-refractivity contribution >= 4 is 27.3 Å². The molecule has 7 heteroatoms. The van der Waals surface area contributed by atoms with E-state index in [4.69, 9.17) is 0 Å². The first-order chi connectivity index (χ1) is 12.9. The number of rotatable bonds is 6. The molecule has 3 rings (SSSR count). The van der Waals surface area contributed by atoms with Gasteiger partial charge in [-0.15, -0.1) is 0 Å². The smallest absolute Gasteiger partial charge is 0.256 e. The highest BCUT2D eigenvalue weighted by atomic mass is 32.2. The second-order valence-corrected chi connectivity index (χ2v) is 8.72. The van der Waals surface area contributed by atoms with Crippen LogP contribution in [0.5, 0.6) is 0 Å². The number of benzene rings is 2. The highest BCUT2D eigenvalue weighted by Crippen LogP contribution is 2.20. The molecule has 2 aromatic rings. The molecule has 1 aliphatic rings. The molecule has 0 radical (unpaired) electrons. The third-order valence-electron chi connectivity index (χ3n) is 4.58. The Morgan fingerprint density at radius 2 is 1.93 bits per heavy atom. The zero-order chi connectivity index (χ0) is 19.4. The van der Waals surface area contributed by atoms with Crippen molar-refractivity contribution in [2.45, 2.75) is 31.2 Å². The molecule has 1 heterocycles. The van der Waals surface area contributed by atoms with Gasteiger partial charge in [0.2, 0.25) is 5.91 Å². The quantitative estimate of drug-likeness (QED) is 0.827. The van der Waals surface area contributed by atoms with Gasteiger partial charge < -0.3 is 10.2 Å². The van der Waals surface area contributed by atoms with Crippen molar-refractivity contribution in [3.63, 3.8) is 0 Å². The number of amides is 2. The van der Waals surface area contributed by atoms with Gasteiger partial charge in [0.15, 0.2) is 9.84 Å². The van der Waals surface area contributed by atoms with E-state index >= 15 is 0 Å². The lowest BCUT2D eigenvalue weighted by Gasteiger charge is -2.16. The number of hydrogen-bond donors (Lipinski definition) is 1. The van der Waals surface area contributed by atoms with Crippen molar-refractivity contribution in [3.05, 3.63) is 59.7 Å². The molecule has 0 spiro atoms. The van der Waals surface area contributed by atoms with Crippen molar-refractivity contribution < 1.29 is 18.0 Å². The molecule has 142 valence electrons. The number of anilines is 1.